The van der Waals surface area contributed by atoms with E-state index in [1.165, 1.54) is 0 Å². The third-order valence-corrected chi connectivity index (χ3v) is 4.55. The lowest BCUT2D eigenvalue weighted by atomic mass is 9.95. The molecule has 3 rings (SSSR count). The SMILES string of the molecule is CC(NC(=O)COc1ccc(Oc2ccccc2)cc1)(C1CC1)C(F)(F)F. The third-order valence-electron chi connectivity index (χ3n) is 4.55. The molecule has 7 heteroatoms. The van der Waals surface area contributed by atoms with Crippen LogP contribution in [0.1, 0.15) is 19.8 Å². The van der Waals surface area contributed by atoms with Gasteiger partial charge in [-0.2, -0.15) is 13.2 Å². The Bertz CT molecular complexity index is 773. The standard InChI is InChI=1S/C20H20F3NO3/c1-19(14-7-8-14,20(21,22)23)24-18(25)13-26-15-9-11-17(12-10-15)27-16-5-3-2-4-6-16/h2-6,9-12,14H,7-8,13H2,1H3,(H,24,25). The molecule has 4 nitrogen and oxygen atoms in total. The number of carbonyl (C=O) groups is 1. The average Bonchev–Trinajstić information content (AvgIpc) is 3.46. The number of para-hydroxylation sites is 1. The zero-order valence-corrected chi connectivity index (χ0v) is 14.8. The molecule has 27 heavy (non-hydrogen) atoms. The zero-order chi connectivity index (χ0) is 19.5. The van der Waals surface area contributed by atoms with Gasteiger partial charge in [-0.3, -0.25) is 4.79 Å². The van der Waals surface area contributed by atoms with Gasteiger partial charge in [-0.05, 0) is 62.1 Å². The number of carbonyl (C=O) groups excluding carboxylic acids is 1. The smallest absolute Gasteiger partial charge is 0.411 e. The Morgan fingerprint density at radius 2 is 1.56 bits per heavy atom. The van der Waals surface area contributed by atoms with Crippen molar-refractivity contribution < 1.29 is 27.4 Å². The molecule has 1 amide bonds. The van der Waals surface area contributed by atoms with E-state index in [2.05, 4.69) is 5.32 Å². The Hall–Kier alpha value is -2.70. The van der Waals surface area contributed by atoms with Crippen LogP contribution in [-0.2, 0) is 4.79 Å². The molecule has 0 saturated heterocycles. The van der Waals surface area contributed by atoms with Crippen LogP contribution in [-0.4, -0.2) is 24.2 Å². The fourth-order valence-electron chi connectivity index (χ4n) is 2.77. The summed E-state index contributed by atoms with van der Waals surface area (Å²) >= 11 is 0. The number of alkyl halides is 3. The van der Waals surface area contributed by atoms with Gasteiger partial charge >= 0.3 is 6.18 Å². The summed E-state index contributed by atoms with van der Waals surface area (Å²) in [5.74, 6) is 0.251. The molecule has 0 aromatic heterocycles. The van der Waals surface area contributed by atoms with E-state index in [1.54, 1.807) is 24.3 Å². The molecule has 0 spiro atoms. The van der Waals surface area contributed by atoms with Crippen molar-refractivity contribution in [2.24, 2.45) is 5.92 Å². The molecule has 1 aliphatic rings. The second-order valence-electron chi connectivity index (χ2n) is 6.70. The van der Waals surface area contributed by atoms with Gasteiger partial charge in [0.2, 0.25) is 0 Å². The predicted molar refractivity (Wildman–Crippen MR) is 93.8 cm³/mol. The molecule has 1 aliphatic carbocycles. The average molecular weight is 379 g/mol. The molecule has 1 N–H and O–H groups in total. The van der Waals surface area contributed by atoms with Gasteiger partial charge < -0.3 is 14.8 Å². The molecule has 0 aliphatic heterocycles. The number of hydrogen-bond donors (Lipinski definition) is 1. The molecule has 1 atom stereocenters. The number of ether oxygens (including phenoxy) is 2. The molecule has 144 valence electrons. The number of rotatable bonds is 7. The Balaban J connectivity index is 1.53. The lowest BCUT2D eigenvalue weighted by Gasteiger charge is -2.33. The monoisotopic (exact) mass is 379 g/mol. The van der Waals surface area contributed by atoms with Gasteiger partial charge in [-0.15, -0.1) is 0 Å². The van der Waals surface area contributed by atoms with Crippen molar-refractivity contribution in [3.63, 3.8) is 0 Å². The van der Waals surface area contributed by atoms with Gasteiger partial charge in [-0.1, -0.05) is 18.2 Å². The number of benzene rings is 2. The minimum Gasteiger partial charge on any atom is -0.484 e. The molecular formula is C20H20F3NO3. The summed E-state index contributed by atoms with van der Waals surface area (Å²) in [6.45, 7) is 0.537. The van der Waals surface area contributed by atoms with Crippen LogP contribution in [0.5, 0.6) is 17.2 Å². The van der Waals surface area contributed by atoms with Gasteiger partial charge in [0.15, 0.2) is 6.61 Å². The first-order chi connectivity index (χ1) is 12.8. The molecular weight excluding hydrogens is 359 g/mol. The summed E-state index contributed by atoms with van der Waals surface area (Å²) in [6.07, 6.45) is -3.58. The summed E-state index contributed by atoms with van der Waals surface area (Å²) in [6, 6.07) is 15.7. The maximum absolute atomic E-state index is 13.3. The lowest BCUT2D eigenvalue weighted by Crippen LogP contribution is -2.59. The Morgan fingerprint density at radius 1 is 1.00 bits per heavy atom. The summed E-state index contributed by atoms with van der Waals surface area (Å²) in [4.78, 5) is 12.0. The second kappa shape index (κ2) is 7.50. The number of nitrogens with one attached hydrogen (secondary N) is 1. The number of amides is 1. The van der Waals surface area contributed by atoms with Crippen molar-refractivity contribution in [3.8, 4) is 17.2 Å². The van der Waals surface area contributed by atoms with Gasteiger partial charge in [0.1, 0.15) is 22.8 Å². The molecule has 1 saturated carbocycles. The summed E-state index contributed by atoms with van der Waals surface area (Å²) in [5, 5.41) is 2.10. The molecule has 2 aromatic rings. The van der Waals surface area contributed by atoms with Crippen molar-refractivity contribution >= 4 is 5.91 Å². The maximum atomic E-state index is 13.3. The van der Waals surface area contributed by atoms with Crippen LogP contribution in [0.3, 0.4) is 0 Å². The van der Waals surface area contributed by atoms with Gasteiger partial charge in [0, 0.05) is 0 Å². The highest BCUT2D eigenvalue weighted by Gasteiger charge is 2.60. The van der Waals surface area contributed by atoms with Crippen LogP contribution in [0.15, 0.2) is 54.6 Å². The summed E-state index contributed by atoms with van der Waals surface area (Å²) < 4.78 is 50.8. The van der Waals surface area contributed by atoms with Gasteiger partial charge in [-0.25, -0.2) is 0 Å². The van der Waals surface area contributed by atoms with Crippen LogP contribution in [0.4, 0.5) is 13.2 Å². The van der Waals surface area contributed by atoms with Crippen molar-refractivity contribution in [1.29, 1.82) is 0 Å². The van der Waals surface area contributed by atoms with Crippen LogP contribution >= 0.6 is 0 Å². The normalized spacial score (nSPS) is 16.3. The van der Waals surface area contributed by atoms with E-state index in [9.17, 15) is 18.0 Å². The summed E-state index contributed by atoms with van der Waals surface area (Å²) in [5.41, 5.74) is -2.21. The molecule has 0 heterocycles. The Morgan fingerprint density at radius 3 is 2.11 bits per heavy atom. The van der Waals surface area contributed by atoms with E-state index < -0.39 is 30.1 Å². The fourth-order valence-corrected chi connectivity index (χ4v) is 2.77. The maximum Gasteiger partial charge on any atom is 0.411 e. The number of halogens is 3. The van der Waals surface area contributed by atoms with Crippen LogP contribution < -0.4 is 14.8 Å². The molecule has 1 unspecified atom stereocenters. The van der Waals surface area contributed by atoms with Crippen molar-refractivity contribution in [2.75, 3.05) is 6.61 Å². The zero-order valence-electron chi connectivity index (χ0n) is 14.8. The minimum absolute atomic E-state index is 0.366. The van der Waals surface area contributed by atoms with Crippen molar-refractivity contribution in [1.82, 2.24) is 5.32 Å². The van der Waals surface area contributed by atoms with Crippen molar-refractivity contribution in [2.45, 2.75) is 31.5 Å². The van der Waals surface area contributed by atoms with E-state index in [4.69, 9.17) is 9.47 Å². The largest absolute Gasteiger partial charge is 0.484 e. The van der Waals surface area contributed by atoms with E-state index in [0.717, 1.165) is 6.92 Å². The second-order valence-corrected chi connectivity index (χ2v) is 6.70. The Labute approximate surface area is 155 Å². The highest BCUT2D eigenvalue weighted by molar-refractivity contribution is 5.78. The fraction of sp³-hybridized carbons (Fsp3) is 0.350. The van der Waals surface area contributed by atoms with Gasteiger partial charge in [0.25, 0.3) is 5.91 Å². The van der Waals surface area contributed by atoms with E-state index in [1.807, 2.05) is 30.3 Å². The highest BCUT2D eigenvalue weighted by Crippen LogP contribution is 2.47. The van der Waals surface area contributed by atoms with E-state index in [-0.39, 0.29) is 0 Å². The van der Waals surface area contributed by atoms with Crippen molar-refractivity contribution in [3.05, 3.63) is 54.6 Å². The van der Waals surface area contributed by atoms with Crippen LogP contribution in [0, 0.1) is 5.92 Å². The number of hydrogen-bond acceptors (Lipinski definition) is 3. The Kier molecular flexibility index (Phi) is 5.30. The van der Waals surface area contributed by atoms with E-state index >= 15 is 0 Å². The molecule has 2 aromatic carbocycles. The van der Waals surface area contributed by atoms with Crippen LogP contribution in [0.25, 0.3) is 0 Å². The quantitative estimate of drug-likeness (QED) is 0.758. The first-order valence-electron chi connectivity index (χ1n) is 8.61. The minimum atomic E-state index is -4.50. The molecule has 0 bridgehead atoms. The summed E-state index contributed by atoms with van der Waals surface area (Å²) in [7, 11) is 0. The van der Waals surface area contributed by atoms with Crippen LogP contribution in [0.2, 0.25) is 0 Å². The first-order valence-corrected chi connectivity index (χ1v) is 8.61. The predicted octanol–water partition coefficient (Wildman–Crippen LogP) is 4.70. The van der Waals surface area contributed by atoms with E-state index in [0.29, 0.717) is 30.1 Å². The lowest BCUT2D eigenvalue weighted by molar-refractivity contribution is -0.199. The van der Waals surface area contributed by atoms with Gasteiger partial charge in [0.05, 0.1) is 0 Å². The molecule has 1 fully saturated rings. The highest BCUT2D eigenvalue weighted by atomic mass is 19.4. The third kappa shape index (κ3) is 4.72. The topological polar surface area (TPSA) is 47.6 Å². The first kappa shape index (κ1) is 19.1. The molecule has 0 radical (unpaired) electrons.